The molecule has 14 nitrogen and oxygen atoms in total. The Labute approximate surface area is 289 Å². The number of allylic oxidation sites excluding steroid dienone is 2. The van der Waals surface area contributed by atoms with Crippen LogP contribution < -0.4 is 15.4 Å². The largest absolute Gasteiger partial charge is 0.444 e. The second kappa shape index (κ2) is 14.0. The first-order valence-corrected chi connectivity index (χ1v) is 18.5. The van der Waals surface area contributed by atoms with Crippen LogP contribution in [0.2, 0.25) is 0 Å². The first-order valence-electron chi connectivity index (χ1n) is 17.0. The van der Waals surface area contributed by atoms with E-state index in [-0.39, 0.29) is 44.7 Å². The van der Waals surface area contributed by atoms with Gasteiger partial charge in [0.2, 0.25) is 21.8 Å². The molecule has 3 heterocycles. The predicted octanol–water partition coefficient (Wildman–Crippen LogP) is 2.88. The molecule has 1 saturated heterocycles. The summed E-state index contributed by atoms with van der Waals surface area (Å²) in [5.74, 6) is -3.01. The first-order chi connectivity index (χ1) is 23.8. The smallest absolute Gasteiger partial charge is 0.412 e. The Balaban J connectivity index is 1.25. The van der Waals surface area contributed by atoms with Crippen LogP contribution in [0.3, 0.4) is 0 Å². The monoisotopic (exact) mass is 715 g/mol. The van der Waals surface area contributed by atoms with Crippen molar-refractivity contribution in [2.75, 3.05) is 6.54 Å². The van der Waals surface area contributed by atoms with Crippen LogP contribution in [0, 0.1) is 11.7 Å². The van der Waals surface area contributed by atoms with Crippen molar-refractivity contribution in [1.82, 2.24) is 25.2 Å². The van der Waals surface area contributed by atoms with Crippen LogP contribution in [0.4, 0.5) is 14.0 Å². The fourth-order valence-corrected chi connectivity index (χ4v) is 8.27. The molecule has 5 atom stereocenters. The minimum absolute atomic E-state index is 0.00670. The van der Waals surface area contributed by atoms with Gasteiger partial charge in [-0.1, -0.05) is 43.7 Å². The molecule has 16 heteroatoms. The minimum atomic E-state index is -3.92. The molecular weight excluding hydrogens is 673 g/mol. The highest BCUT2D eigenvalue weighted by Crippen LogP contribution is 2.46. The Morgan fingerprint density at radius 2 is 1.88 bits per heavy atom. The summed E-state index contributed by atoms with van der Waals surface area (Å²) in [5, 5.41) is 4.68. The van der Waals surface area contributed by atoms with E-state index in [0.29, 0.717) is 43.2 Å². The van der Waals surface area contributed by atoms with Gasteiger partial charge in [0.1, 0.15) is 29.5 Å². The number of alkyl carbamates (subject to hydrolysis) is 1. The number of hydrogen-bond donors (Lipinski definition) is 3. The first kappa shape index (κ1) is 35.4. The molecular formula is C34H42FN5O9S. The van der Waals surface area contributed by atoms with Crippen molar-refractivity contribution in [3.63, 3.8) is 0 Å². The third-order valence-corrected chi connectivity index (χ3v) is 11.7. The van der Waals surface area contributed by atoms with Gasteiger partial charge in [-0.25, -0.2) is 22.4 Å². The van der Waals surface area contributed by atoms with Gasteiger partial charge < -0.3 is 25.0 Å². The molecule has 0 radical (unpaired) electrons. The maximum absolute atomic E-state index is 14.4. The summed E-state index contributed by atoms with van der Waals surface area (Å²) < 4.78 is 52.8. The van der Waals surface area contributed by atoms with Crippen molar-refractivity contribution in [2.24, 2.45) is 5.92 Å². The van der Waals surface area contributed by atoms with Crippen LogP contribution in [0.25, 0.3) is 0 Å². The second-order valence-electron chi connectivity index (χ2n) is 13.8. The lowest BCUT2D eigenvalue weighted by atomic mass is 10.1. The maximum atomic E-state index is 14.4. The lowest BCUT2D eigenvalue weighted by Gasteiger charge is -2.29. The summed E-state index contributed by atoms with van der Waals surface area (Å²) in [6.07, 6.45) is 4.89. The predicted molar refractivity (Wildman–Crippen MR) is 176 cm³/mol. The summed E-state index contributed by atoms with van der Waals surface area (Å²) in [5.41, 5.74) is -0.534. The van der Waals surface area contributed by atoms with E-state index in [1.54, 1.807) is 18.2 Å². The van der Waals surface area contributed by atoms with Crippen LogP contribution in [-0.2, 0) is 47.0 Å². The summed E-state index contributed by atoms with van der Waals surface area (Å²) >= 11 is 0. The average Bonchev–Trinajstić information content (AvgIpc) is 3.93. The molecule has 3 N–H and O–H groups in total. The molecule has 270 valence electrons. The van der Waals surface area contributed by atoms with Gasteiger partial charge >= 0.3 is 12.2 Å². The van der Waals surface area contributed by atoms with Crippen molar-refractivity contribution < 1.29 is 46.3 Å². The third kappa shape index (κ3) is 7.64. The van der Waals surface area contributed by atoms with Gasteiger partial charge in [-0.05, 0) is 57.1 Å². The number of amides is 5. The van der Waals surface area contributed by atoms with Crippen molar-refractivity contribution in [3.05, 3.63) is 59.6 Å². The lowest BCUT2D eigenvalue weighted by Crippen LogP contribution is -2.58. The van der Waals surface area contributed by atoms with Crippen molar-refractivity contribution in [2.45, 2.75) is 107 Å². The van der Waals surface area contributed by atoms with Gasteiger partial charge in [-0.3, -0.25) is 24.0 Å². The maximum Gasteiger partial charge on any atom is 0.412 e. The van der Waals surface area contributed by atoms with Gasteiger partial charge in [0, 0.05) is 24.4 Å². The highest BCUT2D eigenvalue weighted by molar-refractivity contribution is 7.91. The normalized spacial score (nSPS) is 28.8. The zero-order valence-electron chi connectivity index (χ0n) is 27.8. The van der Waals surface area contributed by atoms with E-state index in [1.165, 1.54) is 22.8 Å². The van der Waals surface area contributed by atoms with E-state index in [0.717, 1.165) is 6.42 Å². The number of fused-ring (bicyclic) bond motifs is 3. The number of nitrogens with zero attached hydrogens (tertiary/aromatic N) is 2. The standard InChI is InChI=1S/C34H42FN5O9S/c1-20(2)48-32(44)36-27-12-7-5-3-4-6-10-22-16-34(22,31(43)38-50(46,47)24-13-14-24)37-29(41)28-15-23(18-40(28)30(27)42)49-33(45)39-17-21-9-8-11-26(35)25(21)19-39/h6,8-11,22-24,27-28H,1,3-5,7,12-19H2,2H3,(H,36,44)(H,37,41)(H,38,43)/b10-6-/t22-,23-,27+,28+,34-/m1/s1. The number of carbonyl (C=O) groups is 5. The van der Waals surface area contributed by atoms with Crippen molar-refractivity contribution in [1.29, 1.82) is 0 Å². The molecule has 3 aliphatic heterocycles. The Kier molecular flexibility index (Phi) is 9.93. The Hall–Kier alpha value is -4.47. The highest BCUT2D eigenvalue weighted by atomic mass is 32.2. The van der Waals surface area contributed by atoms with Gasteiger partial charge in [0.25, 0.3) is 5.91 Å². The van der Waals surface area contributed by atoms with Crippen LogP contribution in [-0.4, -0.2) is 83.6 Å². The van der Waals surface area contributed by atoms with Gasteiger partial charge in [0.15, 0.2) is 0 Å². The molecule has 6 rings (SSSR count). The minimum Gasteiger partial charge on any atom is -0.444 e. The zero-order valence-corrected chi connectivity index (χ0v) is 28.6. The second-order valence-corrected chi connectivity index (χ2v) is 15.7. The Bertz CT molecular complexity index is 1730. The molecule has 0 bridgehead atoms. The molecule has 0 unspecified atom stereocenters. The van der Waals surface area contributed by atoms with Crippen molar-refractivity contribution in [3.8, 4) is 0 Å². The average molecular weight is 716 g/mol. The lowest BCUT2D eigenvalue weighted by molar-refractivity contribution is -0.141. The molecule has 3 fully saturated rings. The van der Waals surface area contributed by atoms with Crippen LogP contribution in [0.15, 0.2) is 42.7 Å². The van der Waals surface area contributed by atoms with E-state index in [9.17, 15) is 36.8 Å². The van der Waals surface area contributed by atoms with E-state index in [2.05, 4.69) is 21.9 Å². The molecule has 0 aromatic heterocycles. The fraction of sp³-hybridized carbons (Fsp3) is 0.559. The number of rotatable bonds is 6. The zero-order chi connectivity index (χ0) is 35.8. The number of carbonyl (C=O) groups excluding carboxylic acids is 5. The van der Waals surface area contributed by atoms with Crippen LogP contribution in [0.1, 0.15) is 75.8 Å². The number of sulfonamides is 1. The summed E-state index contributed by atoms with van der Waals surface area (Å²) in [7, 11) is -3.92. The number of nitrogens with one attached hydrogen (secondary N) is 3. The van der Waals surface area contributed by atoms with Crippen molar-refractivity contribution >= 4 is 39.9 Å². The SMILES string of the molecule is C=C(C)OC(=O)N[C@H]1CCCCC/C=C\[C@@H]2C[C@@]2(C(=O)NS(=O)(=O)C2CC2)NC(=O)[C@@H]2C[C@@H](OC(=O)N3Cc4cccc(F)c4C3)CN2C1=O. The number of benzene rings is 1. The van der Waals surface area contributed by atoms with E-state index >= 15 is 0 Å². The van der Waals surface area contributed by atoms with E-state index in [4.69, 9.17) is 9.47 Å². The quantitative estimate of drug-likeness (QED) is 0.295. The fourth-order valence-electron chi connectivity index (χ4n) is 6.90. The molecule has 2 aliphatic carbocycles. The highest BCUT2D eigenvalue weighted by Gasteiger charge is 2.62. The number of ether oxygens (including phenoxy) is 2. The number of hydrogen-bond acceptors (Lipinski definition) is 9. The summed E-state index contributed by atoms with van der Waals surface area (Å²) in [6, 6.07) is 2.24. The summed E-state index contributed by atoms with van der Waals surface area (Å²) in [4.78, 5) is 70.3. The topological polar surface area (TPSA) is 181 Å². The van der Waals surface area contributed by atoms with E-state index in [1.807, 2.05) is 6.08 Å². The summed E-state index contributed by atoms with van der Waals surface area (Å²) in [6.45, 7) is 4.95. The molecule has 50 heavy (non-hydrogen) atoms. The number of halogens is 1. The molecule has 5 aliphatic rings. The molecule has 1 aromatic rings. The van der Waals surface area contributed by atoms with Crippen LogP contribution >= 0.6 is 0 Å². The molecule has 1 aromatic carbocycles. The van der Waals surface area contributed by atoms with Gasteiger partial charge in [-0.2, -0.15) is 0 Å². The molecule has 2 saturated carbocycles. The molecule has 0 spiro atoms. The van der Waals surface area contributed by atoms with Gasteiger partial charge in [0.05, 0.1) is 24.1 Å². The Morgan fingerprint density at radius 1 is 1.10 bits per heavy atom. The molecule has 5 amide bonds. The van der Waals surface area contributed by atoms with Crippen LogP contribution in [0.5, 0.6) is 0 Å². The third-order valence-electron chi connectivity index (χ3n) is 9.85. The van der Waals surface area contributed by atoms with E-state index < -0.39 is 80.6 Å². The van der Waals surface area contributed by atoms with Gasteiger partial charge in [-0.15, -0.1) is 0 Å². The Morgan fingerprint density at radius 3 is 2.60 bits per heavy atom.